The summed E-state index contributed by atoms with van der Waals surface area (Å²) in [5.41, 5.74) is 1.97. The minimum absolute atomic E-state index is 0.0150. The van der Waals surface area contributed by atoms with E-state index in [2.05, 4.69) is 45.0 Å². The zero-order chi connectivity index (χ0) is 28.1. The molecule has 0 radical (unpaired) electrons. The molecule has 4 saturated carbocycles. The summed E-state index contributed by atoms with van der Waals surface area (Å²) in [4.78, 5) is 28.0. The molecule has 0 amide bonds. The van der Waals surface area contributed by atoms with Crippen LogP contribution in [-0.2, 0) is 20.7 Å². The van der Waals surface area contributed by atoms with Crippen LogP contribution in [0.1, 0.15) is 103 Å². The van der Waals surface area contributed by atoms with Gasteiger partial charge in [0.25, 0.3) is 0 Å². The number of aromatic nitrogens is 1. The van der Waals surface area contributed by atoms with Crippen LogP contribution in [0.3, 0.4) is 0 Å². The van der Waals surface area contributed by atoms with Gasteiger partial charge in [0.05, 0.1) is 28.1 Å². The Balaban J connectivity index is 1.07. The first kappa shape index (κ1) is 28.2. The highest BCUT2D eigenvalue weighted by molar-refractivity contribution is 7.18. The lowest BCUT2D eigenvalue weighted by atomic mass is 9.44. The van der Waals surface area contributed by atoms with Gasteiger partial charge in [-0.15, -0.1) is 11.3 Å². The fraction of sp³-hybridized carbons (Fsp3) is 0.735. The van der Waals surface area contributed by atoms with Crippen LogP contribution in [0.4, 0.5) is 0 Å². The monoisotopic (exact) mass is 565 g/mol. The molecule has 6 heteroatoms. The van der Waals surface area contributed by atoms with Crippen LogP contribution in [0.5, 0.6) is 0 Å². The van der Waals surface area contributed by atoms with Gasteiger partial charge in [-0.25, -0.2) is 4.98 Å². The van der Waals surface area contributed by atoms with Gasteiger partial charge < -0.3 is 9.84 Å². The van der Waals surface area contributed by atoms with Crippen LogP contribution < -0.4 is 0 Å². The number of fused-ring (bicyclic) bond motifs is 6. The van der Waals surface area contributed by atoms with Crippen LogP contribution in [-0.4, -0.2) is 28.1 Å². The van der Waals surface area contributed by atoms with E-state index in [4.69, 9.17) is 14.8 Å². The first-order valence-electron chi connectivity index (χ1n) is 15.9. The molecule has 0 bridgehead atoms. The van der Waals surface area contributed by atoms with Gasteiger partial charge in [-0.3, -0.25) is 9.59 Å². The fourth-order valence-electron chi connectivity index (χ4n) is 10.3. The largest absolute Gasteiger partial charge is 0.481 e. The highest BCUT2D eigenvalue weighted by Gasteiger charge is 2.60. The second-order valence-electron chi connectivity index (χ2n) is 14.3. The highest BCUT2D eigenvalue weighted by Crippen LogP contribution is 2.68. The molecular weight excluding hydrogens is 518 g/mol. The van der Waals surface area contributed by atoms with E-state index >= 15 is 0 Å². The summed E-state index contributed by atoms with van der Waals surface area (Å²) in [6, 6.07) is 8.53. The number of benzene rings is 1. The molecule has 1 aromatic carbocycles. The molecule has 1 N–H and O–H groups in total. The van der Waals surface area contributed by atoms with Crippen LogP contribution in [0.2, 0.25) is 0 Å². The van der Waals surface area contributed by atoms with Crippen LogP contribution in [0.25, 0.3) is 10.2 Å². The minimum Gasteiger partial charge on any atom is -0.481 e. The van der Waals surface area contributed by atoms with Gasteiger partial charge in [-0.05, 0) is 129 Å². The Labute approximate surface area is 243 Å². The molecule has 6 rings (SSSR count). The lowest BCUT2D eigenvalue weighted by Gasteiger charge is -2.61. The number of aliphatic carboxylic acids is 1. The van der Waals surface area contributed by atoms with E-state index < -0.39 is 5.97 Å². The molecule has 1 aromatic heterocycles. The number of carbonyl (C=O) groups excluding carboxylic acids is 1. The number of aryl methyl sites for hydroxylation is 1. The summed E-state index contributed by atoms with van der Waals surface area (Å²) in [5, 5.41) is 10.2. The molecule has 4 fully saturated rings. The topological polar surface area (TPSA) is 76.5 Å². The van der Waals surface area contributed by atoms with E-state index in [1.54, 1.807) is 0 Å². The predicted molar refractivity (Wildman–Crippen MR) is 159 cm³/mol. The molecule has 1 heterocycles. The third kappa shape index (κ3) is 5.12. The average Bonchev–Trinajstić information content (AvgIpc) is 3.51. The predicted octanol–water partition coefficient (Wildman–Crippen LogP) is 8.30. The van der Waals surface area contributed by atoms with Crippen molar-refractivity contribution in [2.24, 2.45) is 46.3 Å². The van der Waals surface area contributed by atoms with E-state index in [0.717, 1.165) is 60.8 Å². The number of carboxylic acid groups (broad SMARTS) is 1. The van der Waals surface area contributed by atoms with Crippen LogP contribution >= 0.6 is 11.3 Å². The van der Waals surface area contributed by atoms with E-state index in [-0.39, 0.29) is 24.9 Å². The summed E-state index contributed by atoms with van der Waals surface area (Å²) in [6.07, 6.45) is 13.3. The van der Waals surface area contributed by atoms with Crippen molar-refractivity contribution in [2.45, 2.75) is 110 Å². The molecular formula is C34H47NO4S. The first-order valence-corrected chi connectivity index (χ1v) is 16.7. The molecule has 4 aliphatic carbocycles. The number of nitrogens with zero attached hydrogens (tertiary/aromatic N) is 1. The third-order valence-corrected chi connectivity index (χ3v) is 13.5. The van der Waals surface area contributed by atoms with Gasteiger partial charge in [0.1, 0.15) is 6.10 Å². The second kappa shape index (κ2) is 11.0. The Bertz CT molecular complexity index is 1210. The Kier molecular flexibility index (Phi) is 7.78. The highest BCUT2D eigenvalue weighted by atomic mass is 32.1. The molecule has 218 valence electrons. The lowest BCUT2D eigenvalue weighted by Crippen LogP contribution is -2.54. The number of thiazole rings is 1. The number of carbonyl (C=O) groups is 2. The molecule has 2 aromatic rings. The number of ether oxygens (including phenoxy) is 1. The number of rotatable bonds is 8. The number of esters is 1. The minimum atomic E-state index is -0.937. The first-order chi connectivity index (χ1) is 19.2. The van der Waals surface area contributed by atoms with E-state index in [0.29, 0.717) is 16.7 Å². The third-order valence-electron chi connectivity index (χ3n) is 12.4. The molecule has 9 atom stereocenters. The summed E-state index contributed by atoms with van der Waals surface area (Å²) >= 11 is 1.87. The summed E-state index contributed by atoms with van der Waals surface area (Å²) in [5.74, 6) is 3.39. The Morgan fingerprint density at radius 1 is 1.02 bits per heavy atom. The Morgan fingerprint density at radius 2 is 1.80 bits per heavy atom. The van der Waals surface area contributed by atoms with Gasteiger partial charge in [0.2, 0.25) is 0 Å². The lowest BCUT2D eigenvalue weighted by molar-refractivity contribution is -0.164. The zero-order valence-electron chi connectivity index (χ0n) is 24.6. The summed E-state index contributed by atoms with van der Waals surface area (Å²) in [6.45, 7) is 7.74. The van der Waals surface area contributed by atoms with Gasteiger partial charge in [-0.2, -0.15) is 0 Å². The van der Waals surface area contributed by atoms with Crippen LogP contribution in [0, 0.1) is 46.3 Å². The summed E-state index contributed by atoms with van der Waals surface area (Å²) in [7, 11) is 0. The van der Waals surface area contributed by atoms with Gasteiger partial charge >= 0.3 is 11.9 Å². The van der Waals surface area contributed by atoms with Crippen molar-refractivity contribution in [3.63, 3.8) is 0 Å². The van der Waals surface area contributed by atoms with Crippen LogP contribution in [0.15, 0.2) is 24.3 Å². The van der Waals surface area contributed by atoms with Crippen molar-refractivity contribution >= 4 is 33.5 Å². The van der Waals surface area contributed by atoms with Gasteiger partial charge in [0.15, 0.2) is 0 Å². The quantitative estimate of drug-likeness (QED) is 0.326. The smallest absolute Gasteiger partial charge is 0.306 e. The van der Waals surface area contributed by atoms with E-state index in [1.807, 2.05) is 11.3 Å². The van der Waals surface area contributed by atoms with Gasteiger partial charge in [0, 0.05) is 0 Å². The van der Waals surface area contributed by atoms with Crippen molar-refractivity contribution in [1.82, 2.24) is 4.98 Å². The standard InChI is InChI=1S/C34H47NO4S/c1-21(8-13-30-35-28-6-4-5-7-29(28)40-30)25-11-12-26-24-10-9-22-20-23(39-32(38)15-14-31(36)37)16-18-33(22,2)27(24)17-19-34(25,26)3/h4-7,21-27H,8-20H2,1-3H3,(H,36,37)/t21-,22?,23-,24+,25-,26+,27+,33+,34-/m1/s1. The molecule has 0 aliphatic heterocycles. The molecule has 0 spiro atoms. The molecule has 1 unspecified atom stereocenters. The molecule has 0 saturated heterocycles. The maximum Gasteiger partial charge on any atom is 0.306 e. The number of hydrogen-bond acceptors (Lipinski definition) is 5. The Hall–Kier alpha value is -1.95. The Morgan fingerprint density at radius 3 is 2.60 bits per heavy atom. The maximum absolute atomic E-state index is 12.2. The van der Waals surface area contributed by atoms with Crippen molar-refractivity contribution < 1.29 is 19.4 Å². The maximum atomic E-state index is 12.2. The molecule has 40 heavy (non-hydrogen) atoms. The summed E-state index contributed by atoms with van der Waals surface area (Å²) < 4.78 is 7.07. The van der Waals surface area contributed by atoms with Crippen molar-refractivity contribution in [3.05, 3.63) is 29.3 Å². The zero-order valence-corrected chi connectivity index (χ0v) is 25.4. The fourth-order valence-corrected chi connectivity index (χ4v) is 11.3. The average molecular weight is 566 g/mol. The number of para-hydroxylation sites is 1. The van der Waals surface area contributed by atoms with Crippen molar-refractivity contribution in [1.29, 1.82) is 0 Å². The molecule has 4 aliphatic rings. The van der Waals surface area contributed by atoms with E-state index in [9.17, 15) is 9.59 Å². The van der Waals surface area contributed by atoms with Crippen molar-refractivity contribution in [3.8, 4) is 0 Å². The molecule has 5 nitrogen and oxygen atoms in total. The van der Waals surface area contributed by atoms with Gasteiger partial charge in [-0.1, -0.05) is 32.9 Å². The number of hydrogen-bond donors (Lipinski definition) is 1. The van der Waals surface area contributed by atoms with E-state index in [1.165, 1.54) is 54.7 Å². The SMILES string of the molecule is C[C@H](CCc1nc2ccccc2s1)[C@H]1CC[C@H]2[C@@H]3CCC4C[C@H](OC(=O)CCC(=O)O)CC[C@]4(C)[C@H]3CC[C@]12C. The second-order valence-corrected chi connectivity index (χ2v) is 15.4. The van der Waals surface area contributed by atoms with Crippen molar-refractivity contribution in [2.75, 3.05) is 0 Å². The number of carboxylic acids is 1. The normalized spacial score (nSPS) is 37.8.